The Morgan fingerprint density at radius 3 is 2.83 bits per heavy atom. The molecule has 30 heavy (non-hydrogen) atoms. The van der Waals surface area contributed by atoms with Gasteiger partial charge in [-0.3, -0.25) is 19.7 Å². The zero-order chi connectivity index (χ0) is 20.7. The van der Waals surface area contributed by atoms with Crippen molar-refractivity contribution in [3.8, 4) is 0 Å². The van der Waals surface area contributed by atoms with E-state index in [0.717, 1.165) is 36.7 Å². The van der Waals surface area contributed by atoms with Crippen molar-refractivity contribution in [2.75, 3.05) is 13.1 Å². The maximum atomic E-state index is 12.9. The second-order valence-corrected chi connectivity index (χ2v) is 9.20. The number of nitrogens with zero attached hydrogens (tertiary/aromatic N) is 1. The van der Waals surface area contributed by atoms with Gasteiger partial charge in [0.25, 0.3) is 5.91 Å². The Balaban J connectivity index is 1.23. The van der Waals surface area contributed by atoms with Crippen molar-refractivity contribution in [3.05, 3.63) is 34.9 Å². The lowest BCUT2D eigenvalue weighted by atomic mass is 9.80. The van der Waals surface area contributed by atoms with Gasteiger partial charge in [-0.15, -0.1) is 0 Å². The van der Waals surface area contributed by atoms with E-state index in [2.05, 4.69) is 22.0 Å². The maximum Gasteiger partial charge on any atom is 0.255 e. The molecule has 7 heteroatoms. The molecule has 1 saturated carbocycles. The zero-order valence-electron chi connectivity index (χ0n) is 17.3. The molecule has 3 N–H and O–H groups in total. The van der Waals surface area contributed by atoms with E-state index in [1.54, 1.807) is 4.90 Å². The van der Waals surface area contributed by atoms with Gasteiger partial charge in [-0.05, 0) is 61.4 Å². The predicted molar refractivity (Wildman–Crippen MR) is 111 cm³/mol. The van der Waals surface area contributed by atoms with E-state index < -0.39 is 6.04 Å². The molecule has 0 aromatic heterocycles. The minimum Gasteiger partial charge on any atom is -0.322 e. The molecule has 0 radical (unpaired) electrons. The van der Waals surface area contributed by atoms with Crippen LogP contribution in [0.1, 0.15) is 60.0 Å². The number of imide groups is 1. The third-order valence-electron chi connectivity index (χ3n) is 7.47. The summed E-state index contributed by atoms with van der Waals surface area (Å²) in [6.45, 7) is 3.25. The summed E-state index contributed by atoms with van der Waals surface area (Å²) >= 11 is 0. The highest BCUT2D eigenvalue weighted by atomic mass is 16.2. The molecule has 0 spiro atoms. The molecule has 3 heterocycles. The van der Waals surface area contributed by atoms with Gasteiger partial charge in [0.1, 0.15) is 6.04 Å². The van der Waals surface area contributed by atoms with E-state index in [1.165, 1.54) is 25.7 Å². The van der Waals surface area contributed by atoms with Crippen LogP contribution >= 0.6 is 0 Å². The van der Waals surface area contributed by atoms with Crippen LogP contribution in [0.25, 0.3) is 0 Å². The van der Waals surface area contributed by atoms with Gasteiger partial charge in [-0.1, -0.05) is 25.0 Å². The molecule has 1 aromatic rings. The molecule has 5 rings (SSSR count). The molecule has 1 unspecified atom stereocenters. The van der Waals surface area contributed by atoms with Crippen molar-refractivity contribution in [2.45, 2.75) is 63.7 Å². The Bertz CT molecular complexity index is 870. The third kappa shape index (κ3) is 3.54. The Hall–Kier alpha value is -2.25. The summed E-state index contributed by atoms with van der Waals surface area (Å²) in [5.41, 5.74) is 2.83. The summed E-state index contributed by atoms with van der Waals surface area (Å²) in [5.74, 6) is 0.743. The Kier molecular flexibility index (Phi) is 5.33. The topological polar surface area (TPSA) is 90.5 Å². The van der Waals surface area contributed by atoms with Gasteiger partial charge in [0.2, 0.25) is 11.8 Å². The lowest BCUT2D eigenvalue weighted by Crippen LogP contribution is -2.52. The number of nitrogens with one attached hydrogen (secondary N) is 3. The van der Waals surface area contributed by atoms with Gasteiger partial charge in [-0.2, -0.15) is 0 Å². The number of benzene rings is 1. The van der Waals surface area contributed by atoms with Crippen LogP contribution in [0.15, 0.2) is 18.2 Å². The third-order valence-corrected chi connectivity index (χ3v) is 7.47. The highest BCUT2D eigenvalue weighted by Crippen LogP contribution is 2.34. The monoisotopic (exact) mass is 410 g/mol. The molecular formula is C23H30N4O3. The number of carbonyl (C=O) groups excluding carboxylic acids is 3. The fourth-order valence-corrected chi connectivity index (χ4v) is 5.86. The summed E-state index contributed by atoms with van der Waals surface area (Å²) in [4.78, 5) is 38.3. The normalized spacial score (nSPS) is 30.9. The second kappa shape index (κ2) is 8.12. The first-order chi connectivity index (χ1) is 14.6. The number of carbonyl (C=O) groups is 3. The van der Waals surface area contributed by atoms with Crippen LogP contribution < -0.4 is 16.0 Å². The first-order valence-electron chi connectivity index (χ1n) is 11.3. The highest BCUT2D eigenvalue weighted by Gasteiger charge is 2.40. The lowest BCUT2D eigenvalue weighted by molar-refractivity contribution is -0.136. The molecule has 4 atom stereocenters. The molecule has 0 bridgehead atoms. The molecule has 1 aliphatic carbocycles. The minimum absolute atomic E-state index is 0.105. The summed E-state index contributed by atoms with van der Waals surface area (Å²) in [6, 6.07) is 5.99. The van der Waals surface area contributed by atoms with Gasteiger partial charge in [0.15, 0.2) is 0 Å². The Morgan fingerprint density at radius 1 is 1.10 bits per heavy atom. The van der Waals surface area contributed by atoms with Crippen LogP contribution in [-0.4, -0.2) is 47.8 Å². The number of amides is 3. The Labute approximate surface area is 177 Å². The number of hydrogen-bond donors (Lipinski definition) is 3. The predicted octanol–water partition coefficient (Wildman–Crippen LogP) is 1.32. The van der Waals surface area contributed by atoms with Crippen LogP contribution in [0.4, 0.5) is 0 Å². The zero-order valence-corrected chi connectivity index (χ0v) is 17.3. The molecule has 3 fully saturated rings. The summed E-state index contributed by atoms with van der Waals surface area (Å²) in [7, 11) is 0. The van der Waals surface area contributed by atoms with E-state index in [0.29, 0.717) is 30.5 Å². The van der Waals surface area contributed by atoms with E-state index in [4.69, 9.17) is 0 Å². The lowest BCUT2D eigenvalue weighted by Gasteiger charge is -2.29. The van der Waals surface area contributed by atoms with Crippen molar-refractivity contribution in [1.29, 1.82) is 0 Å². The van der Waals surface area contributed by atoms with Crippen LogP contribution in [0.2, 0.25) is 0 Å². The van der Waals surface area contributed by atoms with Crippen molar-refractivity contribution in [3.63, 3.8) is 0 Å². The molecule has 2 saturated heterocycles. The van der Waals surface area contributed by atoms with E-state index >= 15 is 0 Å². The molecule has 1 aromatic carbocycles. The average molecular weight is 411 g/mol. The molecule has 3 amide bonds. The number of rotatable bonds is 5. The highest BCUT2D eigenvalue weighted by molar-refractivity contribution is 6.05. The van der Waals surface area contributed by atoms with Gasteiger partial charge < -0.3 is 15.5 Å². The SMILES string of the molecule is O=C1CCC(N2Cc3c(CNC[C@@H]4CN[C@@H]5CCCC[C@H]45)cccc3C2=O)C(=O)N1. The van der Waals surface area contributed by atoms with Gasteiger partial charge in [-0.25, -0.2) is 0 Å². The summed E-state index contributed by atoms with van der Waals surface area (Å²) in [6.07, 6.45) is 6.02. The number of hydrogen-bond acceptors (Lipinski definition) is 5. The largest absolute Gasteiger partial charge is 0.322 e. The first-order valence-corrected chi connectivity index (χ1v) is 11.3. The van der Waals surface area contributed by atoms with Crippen LogP contribution in [-0.2, 0) is 22.7 Å². The van der Waals surface area contributed by atoms with Crippen molar-refractivity contribution < 1.29 is 14.4 Å². The van der Waals surface area contributed by atoms with E-state index in [-0.39, 0.29) is 24.1 Å². The average Bonchev–Trinajstić information content (AvgIpc) is 3.30. The minimum atomic E-state index is -0.559. The maximum absolute atomic E-state index is 12.9. The fourth-order valence-electron chi connectivity index (χ4n) is 5.86. The van der Waals surface area contributed by atoms with Gasteiger partial charge in [0.05, 0.1) is 0 Å². The van der Waals surface area contributed by atoms with Gasteiger partial charge >= 0.3 is 0 Å². The second-order valence-electron chi connectivity index (χ2n) is 9.20. The van der Waals surface area contributed by atoms with E-state index in [1.807, 2.05) is 12.1 Å². The Morgan fingerprint density at radius 2 is 1.97 bits per heavy atom. The van der Waals surface area contributed by atoms with Crippen LogP contribution in [0.3, 0.4) is 0 Å². The van der Waals surface area contributed by atoms with Crippen molar-refractivity contribution >= 4 is 17.7 Å². The molecule has 4 aliphatic rings. The standard InChI is InChI=1S/C23H30N4O3/c28-21-9-8-20(22(29)26-21)27-13-18-14(4-3-6-17(18)23(27)30)10-24-11-15-12-25-19-7-2-1-5-16(15)19/h3-4,6,15-16,19-20,24-25H,1-2,5,7-13H2,(H,26,28,29)/t15-,16-,19-,20?/m1/s1. The summed E-state index contributed by atoms with van der Waals surface area (Å²) < 4.78 is 0. The fraction of sp³-hybridized carbons (Fsp3) is 0.609. The summed E-state index contributed by atoms with van der Waals surface area (Å²) in [5, 5.41) is 9.70. The number of piperidine rings is 1. The van der Waals surface area contributed by atoms with E-state index in [9.17, 15) is 14.4 Å². The number of fused-ring (bicyclic) bond motifs is 2. The quantitative estimate of drug-likeness (QED) is 0.637. The smallest absolute Gasteiger partial charge is 0.255 e. The molecule has 160 valence electrons. The van der Waals surface area contributed by atoms with Crippen LogP contribution in [0.5, 0.6) is 0 Å². The molecule has 3 aliphatic heterocycles. The van der Waals surface area contributed by atoms with Crippen molar-refractivity contribution in [1.82, 2.24) is 20.9 Å². The molecular weight excluding hydrogens is 380 g/mol. The molecule has 7 nitrogen and oxygen atoms in total. The van der Waals surface area contributed by atoms with Crippen molar-refractivity contribution in [2.24, 2.45) is 11.8 Å². The van der Waals surface area contributed by atoms with Gasteiger partial charge in [0, 0.05) is 31.1 Å². The van der Waals surface area contributed by atoms with Crippen LogP contribution in [0, 0.1) is 11.8 Å². The first kappa shape index (κ1) is 19.7.